The van der Waals surface area contributed by atoms with Crippen LogP contribution in [-0.2, 0) is 0 Å². The van der Waals surface area contributed by atoms with Gasteiger partial charge in [-0.2, -0.15) is 0 Å². The molecule has 0 saturated heterocycles. The van der Waals surface area contributed by atoms with Crippen LogP contribution in [0.15, 0.2) is 41.0 Å². The molecule has 0 aliphatic carbocycles. The lowest BCUT2D eigenvalue weighted by molar-refractivity contribution is 0.656. The van der Waals surface area contributed by atoms with Gasteiger partial charge in [0.25, 0.3) is 0 Å². The summed E-state index contributed by atoms with van der Waals surface area (Å²) in [6.07, 6.45) is 15.9. The highest BCUT2D eigenvalue weighted by Crippen LogP contribution is 2.33. The number of allylic oxidation sites excluding steroid dienone is 8. The van der Waals surface area contributed by atoms with E-state index in [-0.39, 0.29) is 0 Å². The summed E-state index contributed by atoms with van der Waals surface area (Å²) in [6, 6.07) is 0. The van der Waals surface area contributed by atoms with Gasteiger partial charge in [-0.05, 0) is 108 Å². The highest BCUT2D eigenvalue weighted by atomic mass is 14.2. The fourth-order valence-corrected chi connectivity index (χ4v) is 3.65. The molecule has 0 radical (unpaired) electrons. The second kappa shape index (κ2) is 15.1. The van der Waals surface area contributed by atoms with Crippen LogP contribution >= 0.6 is 0 Å². The minimum atomic E-state index is 1.27. The van der Waals surface area contributed by atoms with E-state index in [9.17, 15) is 0 Å². The van der Waals surface area contributed by atoms with Crippen LogP contribution in [0, 0.1) is 34.6 Å². The molecule has 0 aliphatic heterocycles. The fourth-order valence-electron chi connectivity index (χ4n) is 3.65. The first-order valence-corrected chi connectivity index (χ1v) is 12.2. The second-order valence-electron chi connectivity index (χ2n) is 9.46. The molecule has 0 aromatic heterocycles. The van der Waals surface area contributed by atoms with E-state index >= 15 is 0 Å². The first kappa shape index (κ1) is 29.2. The van der Waals surface area contributed by atoms with Gasteiger partial charge in [0, 0.05) is 0 Å². The van der Waals surface area contributed by atoms with E-state index in [0.29, 0.717) is 0 Å². The summed E-state index contributed by atoms with van der Waals surface area (Å²) in [5.41, 5.74) is 13.8. The summed E-state index contributed by atoms with van der Waals surface area (Å²) in [5, 5.41) is 0. The molecule has 0 atom stereocenters. The quantitative estimate of drug-likeness (QED) is 0.288. The lowest BCUT2D eigenvalue weighted by Crippen LogP contribution is -2.02. The molecule has 0 heteroatoms. The third-order valence-corrected chi connectivity index (χ3v) is 6.21. The maximum absolute atomic E-state index is 2.28. The average Bonchev–Trinajstić information content (AvgIpc) is 2.72. The van der Waals surface area contributed by atoms with Crippen LogP contribution in [0.2, 0.25) is 0 Å². The molecular weight excluding hydrogens is 372 g/mol. The maximum Gasteiger partial charge on any atom is -0.0121 e. The summed E-state index contributed by atoms with van der Waals surface area (Å²) in [5.74, 6) is 0. The Morgan fingerprint density at radius 2 is 1.03 bits per heavy atom. The van der Waals surface area contributed by atoms with Gasteiger partial charge in [-0.1, -0.05) is 87.0 Å². The van der Waals surface area contributed by atoms with Gasteiger partial charge in [-0.25, -0.2) is 0 Å². The first-order valence-electron chi connectivity index (χ1n) is 12.2. The molecule has 0 saturated carbocycles. The van der Waals surface area contributed by atoms with Crippen molar-refractivity contribution in [3.05, 3.63) is 74.4 Å². The van der Waals surface area contributed by atoms with Crippen molar-refractivity contribution in [1.29, 1.82) is 0 Å². The van der Waals surface area contributed by atoms with Crippen LogP contribution in [0.4, 0.5) is 0 Å². The van der Waals surface area contributed by atoms with Crippen molar-refractivity contribution in [3.63, 3.8) is 0 Å². The van der Waals surface area contributed by atoms with Crippen LogP contribution in [0.1, 0.15) is 114 Å². The van der Waals surface area contributed by atoms with E-state index in [2.05, 4.69) is 107 Å². The minimum Gasteiger partial charge on any atom is -0.0764 e. The SMILES string of the molecule is CC(C)=C/C=C(C)/C=C/C(=C(C)C)c1c(C)c(C)c(C)c(C)c1C.CCCCCCC. The van der Waals surface area contributed by atoms with E-state index in [4.69, 9.17) is 0 Å². The molecule has 0 nitrogen and oxygen atoms in total. The molecule has 0 bridgehead atoms. The Hall–Kier alpha value is -1.82. The number of rotatable bonds is 8. The lowest BCUT2D eigenvalue weighted by atomic mass is 9.84. The van der Waals surface area contributed by atoms with E-state index in [1.807, 2.05) is 0 Å². The van der Waals surface area contributed by atoms with Crippen molar-refractivity contribution < 1.29 is 0 Å². The van der Waals surface area contributed by atoms with Gasteiger partial charge < -0.3 is 0 Å². The third-order valence-electron chi connectivity index (χ3n) is 6.21. The molecule has 0 unspecified atom stereocenters. The number of unbranched alkanes of at least 4 members (excludes halogenated alkanes) is 4. The van der Waals surface area contributed by atoms with Gasteiger partial charge in [0.2, 0.25) is 0 Å². The zero-order valence-corrected chi connectivity index (χ0v) is 22.8. The fraction of sp³-hybridized carbons (Fsp3) is 0.548. The normalized spacial score (nSPS) is 11.3. The monoisotopic (exact) mass is 422 g/mol. The predicted molar refractivity (Wildman–Crippen MR) is 145 cm³/mol. The van der Waals surface area contributed by atoms with Crippen molar-refractivity contribution in [1.82, 2.24) is 0 Å². The van der Waals surface area contributed by atoms with Crippen LogP contribution in [0.3, 0.4) is 0 Å². The van der Waals surface area contributed by atoms with Crippen LogP contribution in [0.25, 0.3) is 5.57 Å². The van der Waals surface area contributed by atoms with Crippen molar-refractivity contribution >= 4 is 5.57 Å². The zero-order valence-electron chi connectivity index (χ0n) is 22.8. The highest BCUT2D eigenvalue weighted by molar-refractivity contribution is 5.82. The topological polar surface area (TPSA) is 0 Å². The third kappa shape index (κ3) is 9.90. The standard InChI is InChI=1S/C24H34.C7H16/c1-15(2)11-12-17(5)13-14-23(16(3)4)24-21(9)19(7)18(6)20(8)22(24)10;1-3-5-7-6-4-2/h11-14H,1-10H3;3-7H2,1-2H3/b14-13+,17-12+;. The maximum atomic E-state index is 2.28. The summed E-state index contributed by atoms with van der Waals surface area (Å²) in [7, 11) is 0. The van der Waals surface area contributed by atoms with Gasteiger partial charge in [0.1, 0.15) is 0 Å². The van der Waals surface area contributed by atoms with Crippen LogP contribution < -0.4 is 0 Å². The van der Waals surface area contributed by atoms with Gasteiger partial charge in [0.15, 0.2) is 0 Å². The molecule has 1 aromatic carbocycles. The number of hydrogen-bond acceptors (Lipinski definition) is 0. The highest BCUT2D eigenvalue weighted by Gasteiger charge is 2.15. The Balaban J connectivity index is 0.00000110. The summed E-state index contributed by atoms with van der Waals surface area (Å²) in [4.78, 5) is 0. The minimum absolute atomic E-state index is 1.27. The van der Waals surface area contributed by atoms with Crippen molar-refractivity contribution in [2.45, 2.75) is 115 Å². The molecule has 0 spiro atoms. The van der Waals surface area contributed by atoms with Crippen molar-refractivity contribution in [2.24, 2.45) is 0 Å². The Labute approximate surface area is 195 Å². The summed E-state index contributed by atoms with van der Waals surface area (Å²) in [6.45, 7) is 26.5. The Morgan fingerprint density at radius 3 is 1.42 bits per heavy atom. The molecule has 0 aliphatic rings. The van der Waals surface area contributed by atoms with Crippen LogP contribution in [-0.4, -0.2) is 0 Å². The van der Waals surface area contributed by atoms with Gasteiger partial charge in [-0.3, -0.25) is 0 Å². The molecule has 0 fully saturated rings. The van der Waals surface area contributed by atoms with E-state index in [1.54, 1.807) is 0 Å². The Bertz CT molecular complexity index is 781. The summed E-state index contributed by atoms with van der Waals surface area (Å²) >= 11 is 0. The van der Waals surface area contributed by atoms with Gasteiger partial charge in [-0.15, -0.1) is 0 Å². The zero-order chi connectivity index (χ0) is 24.1. The molecule has 1 rings (SSSR count). The van der Waals surface area contributed by atoms with Crippen LogP contribution in [0.5, 0.6) is 0 Å². The molecular formula is C31H50. The lowest BCUT2D eigenvalue weighted by Gasteiger charge is -2.20. The predicted octanol–water partition coefficient (Wildman–Crippen LogP) is 10.5. The number of benzene rings is 1. The molecule has 1 aromatic rings. The van der Waals surface area contributed by atoms with Gasteiger partial charge >= 0.3 is 0 Å². The molecule has 174 valence electrons. The molecule has 0 amide bonds. The van der Waals surface area contributed by atoms with Gasteiger partial charge in [0.05, 0.1) is 0 Å². The molecule has 0 heterocycles. The Kier molecular flexibility index (Phi) is 14.2. The second-order valence-corrected chi connectivity index (χ2v) is 9.46. The largest absolute Gasteiger partial charge is 0.0764 e. The average molecular weight is 423 g/mol. The van der Waals surface area contributed by atoms with Crippen molar-refractivity contribution in [2.75, 3.05) is 0 Å². The molecule has 0 N–H and O–H groups in total. The van der Waals surface area contributed by atoms with E-state index < -0.39 is 0 Å². The van der Waals surface area contributed by atoms with E-state index in [1.165, 1.54) is 87.8 Å². The van der Waals surface area contributed by atoms with Crippen molar-refractivity contribution in [3.8, 4) is 0 Å². The molecule has 31 heavy (non-hydrogen) atoms. The van der Waals surface area contributed by atoms with E-state index in [0.717, 1.165) is 0 Å². The number of hydrogen-bond donors (Lipinski definition) is 0. The Morgan fingerprint density at radius 1 is 0.581 bits per heavy atom. The summed E-state index contributed by atoms with van der Waals surface area (Å²) < 4.78 is 0. The first-order chi connectivity index (χ1) is 14.5. The smallest absolute Gasteiger partial charge is 0.0121 e.